The first-order chi connectivity index (χ1) is 5.92. The van der Waals surface area contributed by atoms with Crippen molar-refractivity contribution < 1.29 is 4.79 Å². The molecule has 1 aromatic rings. The largest absolute Gasteiger partial charge is 0.302 e. The van der Waals surface area contributed by atoms with Gasteiger partial charge in [-0.15, -0.1) is 0 Å². The van der Waals surface area contributed by atoms with Gasteiger partial charge < -0.3 is 10.1 Å². The van der Waals surface area contributed by atoms with E-state index >= 15 is 0 Å². The molecule has 1 N–H and O–H groups in total. The first-order valence-corrected chi connectivity index (χ1v) is 3.90. The van der Waals surface area contributed by atoms with Gasteiger partial charge in [0, 0.05) is 25.4 Å². The summed E-state index contributed by atoms with van der Waals surface area (Å²) in [5.41, 5.74) is 1.71. The molecule has 1 aliphatic rings. The number of rotatable bonds is 1. The van der Waals surface area contributed by atoms with E-state index in [0.29, 0.717) is 0 Å². The van der Waals surface area contributed by atoms with Crippen molar-refractivity contribution in [2.24, 2.45) is 0 Å². The lowest BCUT2D eigenvalue weighted by Crippen LogP contribution is -2.32. The summed E-state index contributed by atoms with van der Waals surface area (Å²) >= 11 is 0. The maximum absolute atomic E-state index is 10.6. The molecule has 62 valence electrons. The molecule has 0 aliphatic carbocycles. The fraction of sp³-hybridized carbons (Fsp3) is 0.375. The van der Waals surface area contributed by atoms with Gasteiger partial charge in [0.05, 0.1) is 11.4 Å². The van der Waals surface area contributed by atoms with E-state index in [-0.39, 0.29) is 6.04 Å². The van der Waals surface area contributed by atoms with E-state index in [4.69, 9.17) is 0 Å². The van der Waals surface area contributed by atoms with Crippen molar-refractivity contribution in [3.63, 3.8) is 0 Å². The Morgan fingerprint density at radius 2 is 2.33 bits per heavy atom. The highest BCUT2D eigenvalue weighted by Crippen LogP contribution is 2.15. The van der Waals surface area contributed by atoms with Gasteiger partial charge >= 0.3 is 0 Å². The maximum atomic E-state index is 10.6. The van der Waals surface area contributed by atoms with Crippen LogP contribution in [0.3, 0.4) is 0 Å². The van der Waals surface area contributed by atoms with Crippen LogP contribution in [0.25, 0.3) is 0 Å². The van der Waals surface area contributed by atoms with Gasteiger partial charge in [-0.25, -0.2) is 0 Å². The Kier molecular flexibility index (Phi) is 1.83. The molecule has 1 atom stereocenters. The van der Waals surface area contributed by atoms with Crippen LogP contribution in [0.2, 0.25) is 0 Å². The molecule has 1 aliphatic heterocycles. The summed E-state index contributed by atoms with van der Waals surface area (Å²) in [7, 11) is 0. The monoisotopic (exact) mass is 163 g/mol. The smallest absolute Gasteiger partial charge is 0.143 e. The molecule has 0 spiro atoms. The van der Waals surface area contributed by atoms with E-state index in [1.165, 1.54) is 0 Å². The molecule has 4 heteroatoms. The Labute approximate surface area is 70.0 Å². The number of hydrogen-bond acceptors (Lipinski definition) is 4. The SMILES string of the molecule is O=CC1NCCc2nccnc21. The van der Waals surface area contributed by atoms with Gasteiger partial charge in [0.15, 0.2) is 0 Å². The van der Waals surface area contributed by atoms with Crippen LogP contribution < -0.4 is 5.32 Å². The van der Waals surface area contributed by atoms with E-state index in [1.807, 2.05) is 0 Å². The minimum absolute atomic E-state index is 0.262. The minimum Gasteiger partial charge on any atom is -0.302 e. The van der Waals surface area contributed by atoms with Crippen LogP contribution in [0.15, 0.2) is 12.4 Å². The fourth-order valence-electron chi connectivity index (χ4n) is 1.39. The second kappa shape index (κ2) is 2.98. The van der Waals surface area contributed by atoms with Crippen molar-refractivity contribution in [3.05, 3.63) is 23.8 Å². The Morgan fingerprint density at radius 3 is 3.17 bits per heavy atom. The van der Waals surface area contributed by atoms with Crippen LogP contribution in [0.1, 0.15) is 17.4 Å². The molecular formula is C8H9N3O. The summed E-state index contributed by atoms with van der Waals surface area (Å²) < 4.78 is 0. The van der Waals surface area contributed by atoms with Crippen molar-refractivity contribution in [3.8, 4) is 0 Å². The second-order valence-electron chi connectivity index (χ2n) is 2.71. The van der Waals surface area contributed by atoms with Crippen molar-refractivity contribution in [1.29, 1.82) is 0 Å². The number of carbonyl (C=O) groups excluding carboxylic acids is 1. The van der Waals surface area contributed by atoms with Gasteiger partial charge in [0.25, 0.3) is 0 Å². The number of nitrogens with one attached hydrogen (secondary N) is 1. The van der Waals surface area contributed by atoms with Gasteiger partial charge in [-0.1, -0.05) is 0 Å². The summed E-state index contributed by atoms with van der Waals surface area (Å²) in [6.45, 7) is 0.801. The van der Waals surface area contributed by atoms with Gasteiger partial charge in [0.2, 0.25) is 0 Å². The van der Waals surface area contributed by atoms with E-state index in [9.17, 15) is 4.79 Å². The predicted molar refractivity (Wildman–Crippen MR) is 42.5 cm³/mol. The van der Waals surface area contributed by atoms with Crippen molar-refractivity contribution in [2.45, 2.75) is 12.5 Å². The third-order valence-electron chi connectivity index (χ3n) is 1.96. The van der Waals surface area contributed by atoms with Crippen LogP contribution in [0, 0.1) is 0 Å². The summed E-state index contributed by atoms with van der Waals surface area (Å²) in [4.78, 5) is 18.9. The Hall–Kier alpha value is -1.29. The van der Waals surface area contributed by atoms with Crippen molar-refractivity contribution >= 4 is 6.29 Å². The van der Waals surface area contributed by atoms with Crippen LogP contribution in [-0.4, -0.2) is 22.8 Å². The highest BCUT2D eigenvalue weighted by molar-refractivity contribution is 5.61. The Morgan fingerprint density at radius 1 is 1.50 bits per heavy atom. The van der Waals surface area contributed by atoms with Gasteiger partial charge in [-0.05, 0) is 0 Å². The number of carbonyl (C=O) groups is 1. The van der Waals surface area contributed by atoms with Gasteiger partial charge in [0.1, 0.15) is 12.3 Å². The first kappa shape index (κ1) is 7.36. The van der Waals surface area contributed by atoms with Crippen LogP contribution in [0.5, 0.6) is 0 Å². The van der Waals surface area contributed by atoms with Gasteiger partial charge in [-0.3, -0.25) is 9.97 Å². The molecule has 0 fully saturated rings. The molecule has 0 saturated heterocycles. The van der Waals surface area contributed by atoms with E-state index in [0.717, 1.165) is 30.6 Å². The van der Waals surface area contributed by atoms with Crippen LogP contribution in [-0.2, 0) is 11.2 Å². The molecule has 0 bridgehead atoms. The second-order valence-corrected chi connectivity index (χ2v) is 2.71. The lowest BCUT2D eigenvalue weighted by atomic mass is 10.1. The zero-order valence-electron chi connectivity index (χ0n) is 6.53. The molecule has 1 unspecified atom stereocenters. The molecule has 12 heavy (non-hydrogen) atoms. The zero-order chi connectivity index (χ0) is 8.39. The lowest BCUT2D eigenvalue weighted by molar-refractivity contribution is -0.109. The number of fused-ring (bicyclic) bond motifs is 1. The van der Waals surface area contributed by atoms with Crippen LogP contribution in [0.4, 0.5) is 0 Å². The molecular weight excluding hydrogens is 154 g/mol. The zero-order valence-corrected chi connectivity index (χ0v) is 6.53. The summed E-state index contributed by atoms with van der Waals surface area (Å²) in [5.74, 6) is 0. The van der Waals surface area contributed by atoms with Crippen LogP contribution >= 0.6 is 0 Å². The lowest BCUT2D eigenvalue weighted by Gasteiger charge is -2.19. The minimum atomic E-state index is -0.262. The normalized spacial score (nSPS) is 21.5. The molecule has 2 rings (SSSR count). The average Bonchev–Trinajstić information content (AvgIpc) is 2.17. The molecule has 2 heterocycles. The highest BCUT2D eigenvalue weighted by atomic mass is 16.1. The Balaban J connectivity index is 2.43. The molecule has 0 saturated carbocycles. The molecule has 1 aromatic heterocycles. The number of aromatic nitrogens is 2. The van der Waals surface area contributed by atoms with E-state index in [2.05, 4.69) is 15.3 Å². The summed E-state index contributed by atoms with van der Waals surface area (Å²) in [6, 6.07) is -0.262. The average molecular weight is 163 g/mol. The topological polar surface area (TPSA) is 54.9 Å². The van der Waals surface area contributed by atoms with Gasteiger partial charge in [-0.2, -0.15) is 0 Å². The maximum Gasteiger partial charge on any atom is 0.143 e. The van der Waals surface area contributed by atoms with Crippen molar-refractivity contribution in [1.82, 2.24) is 15.3 Å². The van der Waals surface area contributed by atoms with E-state index < -0.39 is 0 Å². The van der Waals surface area contributed by atoms with E-state index in [1.54, 1.807) is 12.4 Å². The molecule has 4 nitrogen and oxygen atoms in total. The highest BCUT2D eigenvalue weighted by Gasteiger charge is 2.20. The summed E-state index contributed by atoms with van der Waals surface area (Å²) in [6.07, 6.45) is 4.99. The Bertz CT molecular complexity index is 300. The number of aldehydes is 1. The number of hydrogen-bond donors (Lipinski definition) is 1. The third kappa shape index (κ3) is 1.10. The molecule has 0 aromatic carbocycles. The first-order valence-electron chi connectivity index (χ1n) is 3.90. The fourth-order valence-corrected chi connectivity index (χ4v) is 1.39. The third-order valence-corrected chi connectivity index (χ3v) is 1.96. The molecule has 0 radical (unpaired) electrons. The van der Waals surface area contributed by atoms with Crippen molar-refractivity contribution in [2.75, 3.05) is 6.54 Å². The molecule has 0 amide bonds. The quantitative estimate of drug-likeness (QED) is 0.585. The summed E-state index contributed by atoms with van der Waals surface area (Å²) in [5, 5.41) is 3.05. The number of nitrogens with zero attached hydrogens (tertiary/aromatic N) is 2. The predicted octanol–water partition coefficient (Wildman–Crippen LogP) is -0.138. The standard InChI is InChI=1S/C8H9N3O/c12-5-7-8-6(1-2-9-7)10-3-4-11-8/h3-5,7,9H,1-2H2.